The van der Waals surface area contributed by atoms with Gasteiger partial charge in [0, 0.05) is 6.54 Å². The Morgan fingerprint density at radius 2 is 1.86 bits per heavy atom. The van der Waals surface area contributed by atoms with Crippen molar-refractivity contribution >= 4 is 0 Å². The maximum absolute atomic E-state index is 13.3. The molecule has 2 aromatic rings. The van der Waals surface area contributed by atoms with E-state index >= 15 is 0 Å². The number of aryl methyl sites for hydroxylation is 1. The van der Waals surface area contributed by atoms with Crippen LogP contribution in [-0.2, 0) is 19.6 Å². The van der Waals surface area contributed by atoms with Gasteiger partial charge in [-0.25, -0.2) is 4.39 Å². The highest BCUT2D eigenvalue weighted by molar-refractivity contribution is 5.43. The molecule has 2 rings (SSSR count). The number of halogens is 1. The predicted octanol–water partition coefficient (Wildman–Crippen LogP) is 3.43. The lowest BCUT2D eigenvalue weighted by molar-refractivity contribution is 0.283. The van der Waals surface area contributed by atoms with Gasteiger partial charge >= 0.3 is 0 Å². The molecule has 112 valence electrons. The van der Waals surface area contributed by atoms with Crippen molar-refractivity contribution in [2.24, 2.45) is 5.73 Å². The van der Waals surface area contributed by atoms with Gasteiger partial charge in [-0.15, -0.1) is 0 Å². The molecular formula is C17H20FNO2. The minimum atomic E-state index is -0.293. The lowest BCUT2D eigenvalue weighted by Crippen LogP contribution is -2.06. The minimum Gasteiger partial charge on any atom is -0.493 e. The lowest BCUT2D eigenvalue weighted by Gasteiger charge is -2.13. The molecule has 0 fully saturated rings. The third-order valence-electron chi connectivity index (χ3n) is 3.41. The molecule has 0 amide bonds. The first kappa shape index (κ1) is 15.3. The van der Waals surface area contributed by atoms with Crippen molar-refractivity contribution in [3.8, 4) is 11.5 Å². The van der Waals surface area contributed by atoms with E-state index in [1.807, 2.05) is 18.2 Å². The molecular weight excluding hydrogens is 269 g/mol. The van der Waals surface area contributed by atoms with Gasteiger partial charge in [0.1, 0.15) is 12.4 Å². The molecule has 0 radical (unpaired) electrons. The van der Waals surface area contributed by atoms with Crippen molar-refractivity contribution in [3.05, 3.63) is 58.9 Å². The fraction of sp³-hybridized carbons (Fsp3) is 0.294. The summed E-state index contributed by atoms with van der Waals surface area (Å²) >= 11 is 0. The van der Waals surface area contributed by atoms with Crippen molar-refractivity contribution in [2.45, 2.75) is 26.5 Å². The van der Waals surface area contributed by atoms with Crippen LogP contribution in [0.1, 0.15) is 23.6 Å². The molecule has 4 heteroatoms. The van der Waals surface area contributed by atoms with Crippen LogP contribution in [0.4, 0.5) is 4.39 Å². The smallest absolute Gasteiger partial charge is 0.161 e. The van der Waals surface area contributed by atoms with Crippen LogP contribution in [0.2, 0.25) is 0 Å². The van der Waals surface area contributed by atoms with Gasteiger partial charge in [0.25, 0.3) is 0 Å². The Labute approximate surface area is 124 Å². The summed E-state index contributed by atoms with van der Waals surface area (Å²) in [6.07, 6.45) is 0.928. The molecule has 2 aromatic carbocycles. The first-order chi connectivity index (χ1) is 10.2. The van der Waals surface area contributed by atoms with Crippen LogP contribution in [0.5, 0.6) is 11.5 Å². The Kier molecular flexibility index (Phi) is 5.17. The number of rotatable bonds is 6. The van der Waals surface area contributed by atoms with Crippen LogP contribution in [0.3, 0.4) is 0 Å². The zero-order valence-electron chi connectivity index (χ0n) is 12.4. The SMILES string of the molecule is CCc1ccc(OCc2cc(F)ccc2CN)c(OC)c1. The molecule has 0 atom stereocenters. The van der Waals surface area contributed by atoms with Crippen molar-refractivity contribution in [1.29, 1.82) is 0 Å². The second kappa shape index (κ2) is 7.09. The van der Waals surface area contributed by atoms with Gasteiger partial charge in [-0.3, -0.25) is 0 Å². The van der Waals surface area contributed by atoms with Gasteiger partial charge in [-0.2, -0.15) is 0 Å². The monoisotopic (exact) mass is 289 g/mol. The fourth-order valence-corrected chi connectivity index (χ4v) is 2.13. The lowest BCUT2D eigenvalue weighted by atomic mass is 10.1. The van der Waals surface area contributed by atoms with E-state index in [0.717, 1.165) is 17.5 Å². The Balaban J connectivity index is 2.18. The predicted molar refractivity (Wildman–Crippen MR) is 81.0 cm³/mol. The number of hydrogen-bond acceptors (Lipinski definition) is 3. The van der Waals surface area contributed by atoms with Gasteiger partial charge in [0.05, 0.1) is 7.11 Å². The number of benzene rings is 2. The molecule has 2 N–H and O–H groups in total. The van der Waals surface area contributed by atoms with E-state index in [1.165, 1.54) is 17.7 Å². The van der Waals surface area contributed by atoms with Crippen molar-refractivity contribution in [3.63, 3.8) is 0 Å². The summed E-state index contributed by atoms with van der Waals surface area (Å²) in [4.78, 5) is 0. The van der Waals surface area contributed by atoms with E-state index < -0.39 is 0 Å². The van der Waals surface area contributed by atoms with Crippen molar-refractivity contribution in [1.82, 2.24) is 0 Å². The standard InChI is InChI=1S/C17H20FNO2/c1-3-12-4-7-16(17(8-12)20-2)21-11-14-9-15(18)6-5-13(14)10-19/h4-9H,3,10-11,19H2,1-2H3. The van der Waals surface area contributed by atoms with Gasteiger partial charge in [0.15, 0.2) is 11.5 Å². The van der Waals surface area contributed by atoms with Crippen LogP contribution in [0, 0.1) is 5.82 Å². The molecule has 0 unspecified atom stereocenters. The fourth-order valence-electron chi connectivity index (χ4n) is 2.13. The van der Waals surface area contributed by atoms with E-state index in [2.05, 4.69) is 6.92 Å². The molecule has 0 aliphatic rings. The van der Waals surface area contributed by atoms with Crippen molar-refractivity contribution < 1.29 is 13.9 Å². The number of hydrogen-bond donors (Lipinski definition) is 1. The molecule has 0 aliphatic carbocycles. The normalized spacial score (nSPS) is 10.5. The quantitative estimate of drug-likeness (QED) is 0.886. The molecule has 21 heavy (non-hydrogen) atoms. The van der Waals surface area contributed by atoms with E-state index in [0.29, 0.717) is 18.0 Å². The molecule has 0 saturated carbocycles. The van der Waals surface area contributed by atoms with Gasteiger partial charge in [-0.1, -0.05) is 19.1 Å². The van der Waals surface area contributed by atoms with Crippen LogP contribution in [-0.4, -0.2) is 7.11 Å². The summed E-state index contributed by atoms with van der Waals surface area (Å²) in [5.41, 5.74) is 8.46. The van der Waals surface area contributed by atoms with E-state index in [4.69, 9.17) is 15.2 Å². The van der Waals surface area contributed by atoms with Gasteiger partial charge in [0.2, 0.25) is 0 Å². The third-order valence-corrected chi connectivity index (χ3v) is 3.41. The maximum atomic E-state index is 13.3. The molecule has 0 aliphatic heterocycles. The van der Waals surface area contributed by atoms with Crippen LogP contribution in [0.15, 0.2) is 36.4 Å². The Morgan fingerprint density at radius 3 is 2.52 bits per heavy atom. The highest BCUT2D eigenvalue weighted by Gasteiger charge is 2.08. The highest BCUT2D eigenvalue weighted by Crippen LogP contribution is 2.29. The van der Waals surface area contributed by atoms with Crippen molar-refractivity contribution in [2.75, 3.05) is 7.11 Å². The summed E-state index contributed by atoms with van der Waals surface area (Å²) in [5, 5.41) is 0. The van der Waals surface area contributed by atoms with Crippen LogP contribution < -0.4 is 15.2 Å². The number of methoxy groups -OCH3 is 1. The van der Waals surface area contributed by atoms with E-state index in [9.17, 15) is 4.39 Å². The third kappa shape index (κ3) is 3.73. The Hall–Kier alpha value is -2.07. The zero-order chi connectivity index (χ0) is 15.2. The summed E-state index contributed by atoms with van der Waals surface area (Å²) in [7, 11) is 1.61. The topological polar surface area (TPSA) is 44.5 Å². The maximum Gasteiger partial charge on any atom is 0.161 e. The zero-order valence-corrected chi connectivity index (χ0v) is 12.4. The average Bonchev–Trinajstić information content (AvgIpc) is 2.52. The van der Waals surface area contributed by atoms with E-state index in [-0.39, 0.29) is 12.4 Å². The molecule has 0 bridgehead atoms. The van der Waals surface area contributed by atoms with Crippen LogP contribution in [0.25, 0.3) is 0 Å². The van der Waals surface area contributed by atoms with Crippen LogP contribution >= 0.6 is 0 Å². The first-order valence-corrected chi connectivity index (χ1v) is 6.95. The summed E-state index contributed by atoms with van der Waals surface area (Å²) in [6, 6.07) is 10.4. The molecule has 3 nitrogen and oxygen atoms in total. The Bertz CT molecular complexity index is 614. The molecule has 0 heterocycles. The molecule has 0 saturated heterocycles. The molecule has 0 aromatic heterocycles. The summed E-state index contributed by atoms with van der Waals surface area (Å²) in [6.45, 7) is 2.69. The highest BCUT2D eigenvalue weighted by atomic mass is 19.1. The second-order valence-electron chi connectivity index (χ2n) is 4.74. The number of nitrogens with two attached hydrogens (primary N) is 1. The summed E-state index contributed by atoms with van der Waals surface area (Å²) in [5.74, 6) is 1.03. The largest absolute Gasteiger partial charge is 0.493 e. The summed E-state index contributed by atoms with van der Waals surface area (Å²) < 4.78 is 24.4. The van der Waals surface area contributed by atoms with Gasteiger partial charge < -0.3 is 15.2 Å². The van der Waals surface area contributed by atoms with E-state index in [1.54, 1.807) is 13.2 Å². The van der Waals surface area contributed by atoms with Gasteiger partial charge in [-0.05, 0) is 47.4 Å². The first-order valence-electron chi connectivity index (χ1n) is 6.95. The molecule has 0 spiro atoms. The Morgan fingerprint density at radius 1 is 1.05 bits per heavy atom. The average molecular weight is 289 g/mol. The second-order valence-corrected chi connectivity index (χ2v) is 4.74. The number of ether oxygens (including phenoxy) is 2. The minimum absolute atomic E-state index is 0.256.